The van der Waals surface area contributed by atoms with Crippen LogP contribution in [-0.2, 0) is 13.0 Å². The predicted molar refractivity (Wildman–Crippen MR) is 79.9 cm³/mol. The van der Waals surface area contributed by atoms with Crippen LogP contribution in [0.25, 0.3) is 0 Å². The highest BCUT2D eigenvalue weighted by Gasteiger charge is 2.04. The lowest BCUT2D eigenvalue weighted by Crippen LogP contribution is -2.21. The molecule has 0 bridgehead atoms. The second kappa shape index (κ2) is 6.89. The lowest BCUT2D eigenvalue weighted by molar-refractivity contribution is 0.309. The minimum absolute atomic E-state index is 0.204. The normalized spacial score (nSPS) is 12.4. The molecule has 19 heavy (non-hydrogen) atoms. The average Bonchev–Trinajstić information content (AvgIpc) is 2.82. The van der Waals surface area contributed by atoms with E-state index >= 15 is 0 Å². The Morgan fingerprint density at radius 3 is 3.00 bits per heavy atom. The zero-order chi connectivity index (χ0) is 13.7. The van der Waals surface area contributed by atoms with Gasteiger partial charge in [0.1, 0.15) is 12.4 Å². The van der Waals surface area contributed by atoms with Crippen molar-refractivity contribution in [2.24, 2.45) is 5.73 Å². The van der Waals surface area contributed by atoms with Gasteiger partial charge in [-0.05, 0) is 30.5 Å². The lowest BCUT2D eigenvalue weighted by atomic mass is 10.0. The second-order valence-electron chi connectivity index (χ2n) is 4.39. The van der Waals surface area contributed by atoms with Crippen molar-refractivity contribution in [3.8, 4) is 5.75 Å². The van der Waals surface area contributed by atoms with Gasteiger partial charge in [0.25, 0.3) is 0 Å². The fourth-order valence-electron chi connectivity index (χ4n) is 1.71. The molecule has 1 unspecified atom stereocenters. The summed E-state index contributed by atoms with van der Waals surface area (Å²) in [7, 11) is 0. The van der Waals surface area contributed by atoms with Crippen LogP contribution in [0.15, 0.2) is 30.5 Å². The molecule has 2 rings (SSSR count). The third kappa shape index (κ3) is 4.49. The van der Waals surface area contributed by atoms with Crippen molar-refractivity contribution in [2.75, 3.05) is 0 Å². The van der Waals surface area contributed by atoms with E-state index in [2.05, 4.69) is 18.0 Å². The van der Waals surface area contributed by atoms with Gasteiger partial charge in [-0.2, -0.15) is 0 Å². The van der Waals surface area contributed by atoms with Crippen LogP contribution in [0.5, 0.6) is 5.75 Å². The minimum atomic E-state index is 0.204. The number of rotatable bonds is 6. The van der Waals surface area contributed by atoms with Crippen LogP contribution >= 0.6 is 22.9 Å². The van der Waals surface area contributed by atoms with E-state index in [0.29, 0.717) is 11.1 Å². The van der Waals surface area contributed by atoms with E-state index in [1.807, 2.05) is 18.2 Å². The number of thiazole rings is 1. The molecule has 0 aliphatic rings. The standard InChI is InChI=1S/C14H17ClN2OS/c1-2-11(16)6-10-4-3-5-12(7-10)18-9-13-8-17-14(15)19-13/h3-5,7-8,11H,2,6,9,16H2,1H3. The summed E-state index contributed by atoms with van der Waals surface area (Å²) in [4.78, 5) is 5.00. The summed E-state index contributed by atoms with van der Waals surface area (Å²) in [5.41, 5.74) is 7.16. The SMILES string of the molecule is CCC(N)Cc1cccc(OCc2cnc(Cl)s2)c1. The fraction of sp³-hybridized carbons (Fsp3) is 0.357. The highest BCUT2D eigenvalue weighted by atomic mass is 35.5. The summed E-state index contributed by atoms with van der Waals surface area (Å²) in [5, 5.41) is 0. The molecule has 3 nitrogen and oxygen atoms in total. The number of ether oxygens (including phenoxy) is 1. The van der Waals surface area contributed by atoms with Gasteiger partial charge in [0.15, 0.2) is 4.47 Å². The molecule has 1 heterocycles. The maximum Gasteiger partial charge on any atom is 0.183 e. The highest BCUT2D eigenvalue weighted by Crippen LogP contribution is 2.21. The first-order valence-corrected chi connectivity index (χ1v) is 7.44. The Morgan fingerprint density at radius 1 is 1.47 bits per heavy atom. The molecule has 2 N–H and O–H groups in total. The van der Waals surface area contributed by atoms with Crippen LogP contribution in [0.3, 0.4) is 0 Å². The molecule has 1 aromatic heterocycles. The van der Waals surface area contributed by atoms with Crippen LogP contribution in [0.1, 0.15) is 23.8 Å². The molecule has 1 aromatic carbocycles. The monoisotopic (exact) mass is 296 g/mol. The maximum atomic E-state index is 5.96. The zero-order valence-electron chi connectivity index (χ0n) is 10.8. The smallest absolute Gasteiger partial charge is 0.183 e. The molecule has 1 atom stereocenters. The Labute approximate surface area is 122 Å². The van der Waals surface area contributed by atoms with Gasteiger partial charge in [-0.25, -0.2) is 4.98 Å². The quantitative estimate of drug-likeness (QED) is 0.885. The molecule has 5 heteroatoms. The van der Waals surface area contributed by atoms with E-state index in [-0.39, 0.29) is 6.04 Å². The van der Waals surface area contributed by atoms with Crippen LogP contribution < -0.4 is 10.5 Å². The first-order chi connectivity index (χ1) is 9.17. The summed E-state index contributed by atoms with van der Waals surface area (Å²) in [5.74, 6) is 0.852. The molecule has 0 fully saturated rings. The average molecular weight is 297 g/mol. The largest absolute Gasteiger partial charge is 0.488 e. The van der Waals surface area contributed by atoms with Crippen molar-refractivity contribution in [1.82, 2.24) is 4.98 Å². The summed E-state index contributed by atoms with van der Waals surface area (Å²) in [6.45, 7) is 2.59. The summed E-state index contributed by atoms with van der Waals surface area (Å²) in [6.07, 6.45) is 3.59. The van der Waals surface area contributed by atoms with Gasteiger partial charge in [-0.1, -0.05) is 30.7 Å². The van der Waals surface area contributed by atoms with Crippen LogP contribution in [0.2, 0.25) is 4.47 Å². The number of nitrogens with two attached hydrogens (primary N) is 1. The topological polar surface area (TPSA) is 48.1 Å². The first kappa shape index (κ1) is 14.3. The van der Waals surface area contributed by atoms with E-state index in [0.717, 1.165) is 23.5 Å². The Balaban J connectivity index is 1.95. The highest BCUT2D eigenvalue weighted by molar-refractivity contribution is 7.15. The second-order valence-corrected chi connectivity index (χ2v) is 6.09. The molecule has 0 saturated carbocycles. The van der Waals surface area contributed by atoms with Crippen molar-refractivity contribution in [3.63, 3.8) is 0 Å². The molecule has 2 aromatic rings. The Bertz CT molecular complexity index is 530. The third-order valence-corrected chi connectivity index (χ3v) is 3.92. The molecule has 0 saturated heterocycles. The lowest BCUT2D eigenvalue weighted by Gasteiger charge is -2.10. The van der Waals surface area contributed by atoms with Crippen molar-refractivity contribution in [3.05, 3.63) is 45.4 Å². The van der Waals surface area contributed by atoms with Crippen LogP contribution in [0, 0.1) is 0 Å². The van der Waals surface area contributed by atoms with Gasteiger partial charge < -0.3 is 10.5 Å². The molecule has 0 spiro atoms. The fourth-order valence-corrected chi connectivity index (χ4v) is 2.61. The molecular weight excluding hydrogens is 280 g/mol. The zero-order valence-corrected chi connectivity index (χ0v) is 12.4. The number of benzene rings is 1. The van der Waals surface area contributed by atoms with Crippen LogP contribution in [0.4, 0.5) is 0 Å². The summed E-state index contributed by atoms with van der Waals surface area (Å²) >= 11 is 7.21. The minimum Gasteiger partial charge on any atom is -0.488 e. The molecule has 102 valence electrons. The Kier molecular flexibility index (Phi) is 5.19. The first-order valence-electron chi connectivity index (χ1n) is 6.25. The molecule has 0 aliphatic heterocycles. The van der Waals surface area contributed by atoms with Gasteiger partial charge in [0, 0.05) is 12.2 Å². The van der Waals surface area contributed by atoms with Crippen LogP contribution in [-0.4, -0.2) is 11.0 Å². The maximum absolute atomic E-state index is 5.96. The third-order valence-electron chi connectivity index (χ3n) is 2.83. The number of hydrogen-bond donors (Lipinski definition) is 1. The van der Waals surface area contributed by atoms with E-state index < -0.39 is 0 Å². The molecule has 0 aliphatic carbocycles. The van der Waals surface area contributed by atoms with Gasteiger partial charge in [-0.15, -0.1) is 11.3 Å². The number of halogens is 1. The number of nitrogens with zero attached hydrogens (tertiary/aromatic N) is 1. The van der Waals surface area contributed by atoms with Gasteiger partial charge in [0.2, 0.25) is 0 Å². The van der Waals surface area contributed by atoms with Gasteiger partial charge in [0.05, 0.1) is 4.88 Å². The van der Waals surface area contributed by atoms with E-state index in [1.165, 1.54) is 16.9 Å². The van der Waals surface area contributed by atoms with Crippen molar-refractivity contribution in [1.29, 1.82) is 0 Å². The Morgan fingerprint density at radius 2 is 2.32 bits per heavy atom. The summed E-state index contributed by atoms with van der Waals surface area (Å²) < 4.78 is 6.28. The number of hydrogen-bond acceptors (Lipinski definition) is 4. The van der Waals surface area contributed by atoms with Crippen molar-refractivity contribution < 1.29 is 4.74 Å². The Hall–Kier alpha value is -1.10. The van der Waals surface area contributed by atoms with E-state index in [9.17, 15) is 0 Å². The molecule has 0 radical (unpaired) electrons. The van der Waals surface area contributed by atoms with E-state index in [4.69, 9.17) is 22.1 Å². The van der Waals surface area contributed by atoms with Crippen molar-refractivity contribution in [2.45, 2.75) is 32.4 Å². The predicted octanol–water partition coefficient (Wildman–Crippen LogP) is 3.66. The molecule has 0 amide bonds. The van der Waals surface area contributed by atoms with Crippen molar-refractivity contribution >= 4 is 22.9 Å². The molecular formula is C14H17ClN2OS. The summed E-state index contributed by atoms with van der Waals surface area (Å²) in [6, 6.07) is 8.26. The van der Waals surface area contributed by atoms with E-state index in [1.54, 1.807) is 6.20 Å². The van der Waals surface area contributed by atoms with Gasteiger partial charge in [-0.3, -0.25) is 0 Å². The van der Waals surface area contributed by atoms with Gasteiger partial charge >= 0.3 is 0 Å². The number of aromatic nitrogens is 1.